The van der Waals surface area contributed by atoms with Crippen LogP contribution < -0.4 is 4.74 Å². The van der Waals surface area contributed by atoms with Gasteiger partial charge in [0.25, 0.3) is 0 Å². The Labute approximate surface area is 128 Å². The van der Waals surface area contributed by atoms with Crippen molar-refractivity contribution in [1.29, 1.82) is 0 Å². The zero-order valence-corrected chi connectivity index (χ0v) is 12.7. The number of benzene rings is 1. The summed E-state index contributed by atoms with van der Waals surface area (Å²) >= 11 is 5.56. The van der Waals surface area contributed by atoms with E-state index < -0.39 is 24.5 Å². The number of ether oxygens (including phenoxy) is 2. The highest BCUT2D eigenvalue weighted by Crippen LogP contribution is 2.15. The number of aliphatic hydroxyl groups excluding tert-OH is 1. The molecule has 0 aliphatic carbocycles. The average molecular weight is 316 g/mol. The van der Waals surface area contributed by atoms with Crippen LogP contribution in [0.15, 0.2) is 24.3 Å². The maximum absolute atomic E-state index is 11.9. The van der Waals surface area contributed by atoms with Gasteiger partial charge in [-0.3, -0.25) is 4.79 Å². The third-order valence-corrected chi connectivity index (χ3v) is 3.20. The molecular weight excluding hydrogens is 298 g/mol. The standard InChI is InChI=1S/C14H18ClNO5/c1-20-11-5-3-10(4-6-11)8-16(13(18)7-15)12(9-17)14(19)21-2/h3-6,12,17H,7-9H2,1-2H3/t12-/m0/s1. The van der Waals surface area contributed by atoms with E-state index in [0.717, 1.165) is 5.56 Å². The second-order valence-electron chi connectivity index (χ2n) is 4.22. The third kappa shape index (κ3) is 4.61. The highest BCUT2D eigenvalue weighted by atomic mass is 35.5. The Morgan fingerprint density at radius 3 is 2.33 bits per heavy atom. The van der Waals surface area contributed by atoms with E-state index in [1.807, 2.05) is 0 Å². The number of nitrogens with zero attached hydrogens (tertiary/aromatic N) is 1. The van der Waals surface area contributed by atoms with E-state index in [0.29, 0.717) is 5.75 Å². The highest BCUT2D eigenvalue weighted by molar-refractivity contribution is 6.27. The van der Waals surface area contributed by atoms with Crippen molar-refractivity contribution in [1.82, 2.24) is 4.90 Å². The van der Waals surface area contributed by atoms with E-state index in [1.54, 1.807) is 31.4 Å². The van der Waals surface area contributed by atoms with Crippen LogP contribution >= 0.6 is 11.6 Å². The minimum absolute atomic E-state index is 0.135. The first-order chi connectivity index (χ1) is 10.1. The van der Waals surface area contributed by atoms with Gasteiger partial charge in [-0.25, -0.2) is 4.79 Å². The summed E-state index contributed by atoms with van der Waals surface area (Å²) in [4.78, 5) is 24.8. The van der Waals surface area contributed by atoms with Gasteiger partial charge in [-0.05, 0) is 17.7 Å². The Morgan fingerprint density at radius 2 is 1.90 bits per heavy atom. The van der Waals surface area contributed by atoms with Crippen LogP contribution in [0.5, 0.6) is 5.75 Å². The molecule has 1 aromatic rings. The van der Waals surface area contributed by atoms with Gasteiger partial charge in [0.2, 0.25) is 5.91 Å². The van der Waals surface area contributed by atoms with Crippen molar-refractivity contribution >= 4 is 23.5 Å². The van der Waals surface area contributed by atoms with Gasteiger partial charge in [0.15, 0.2) is 6.04 Å². The second kappa shape index (κ2) is 8.49. The molecule has 0 fully saturated rings. The molecule has 6 nitrogen and oxygen atoms in total. The molecule has 1 amide bonds. The molecule has 116 valence electrons. The van der Waals surface area contributed by atoms with Gasteiger partial charge in [-0.15, -0.1) is 11.6 Å². The molecule has 1 aromatic carbocycles. The molecule has 0 aliphatic heterocycles. The predicted octanol–water partition coefficient (Wildman–Crippen LogP) is 0.796. The molecule has 0 spiro atoms. The van der Waals surface area contributed by atoms with Crippen molar-refractivity contribution in [2.75, 3.05) is 26.7 Å². The number of hydrogen-bond donors (Lipinski definition) is 1. The summed E-state index contributed by atoms with van der Waals surface area (Å²) in [5.41, 5.74) is 0.775. The Morgan fingerprint density at radius 1 is 1.29 bits per heavy atom. The lowest BCUT2D eigenvalue weighted by molar-refractivity contribution is -0.154. The van der Waals surface area contributed by atoms with Crippen molar-refractivity contribution in [3.05, 3.63) is 29.8 Å². The first kappa shape index (κ1) is 17.3. The SMILES string of the molecule is COC(=O)[C@H](CO)N(Cc1ccc(OC)cc1)C(=O)CCl. The molecule has 1 rings (SSSR count). The smallest absolute Gasteiger partial charge is 0.331 e. The molecule has 0 aromatic heterocycles. The fourth-order valence-corrected chi connectivity index (χ4v) is 1.97. The van der Waals surface area contributed by atoms with E-state index in [4.69, 9.17) is 16.3 Å². The summed E-state index contributed by atoms with van der Waals surface area (Å²) in [5.74, 6) is -0.758. The molecule has 0 saturated carbocycles. The van der Waals surface area contributed by atoms with E-state index in [1.165, 1.54) is 12.0 Å². The fourth-order valence-electron chi connectivity index (χ4n) is 1.81. The average Bonchev–Trinajstić information content (AvgIpc) is 2.54. The number of methoxy groups -OCH3 is 2. The summed E-state index contributed by atoms with van der Waals surface area (Å²) in [6, 6.07) is 5.93. The molecule has 1 N–H and O–H groups in total. The van der Waals surface area contributed by atoms with Crippen LogP contribution in [0.4, 0.5) is 0 Å². The van der Waals surface area contributed by atoms with Gasteiger partial charge in [-0.2, -0.15) is 0 Å². The lowest BCUT2D eigenvalue weighted by Gasteiger charge is -2.28. The fraction of sp³-hybridized carbons (Fsp3) is 0.429. The molecule has 0 radical (unpaired) electrons. The lowest BCUT2D eigenvalue weighted by atomic mass is 10.1. The molecule has 0 saturated heterocycles. The largest absolute Gasteiger partial charge is 0.497 e. The zero-order valence-electron chi connectivity index (χ0n) is 11.9. The predicted molar refractivity (Wildman–Crippen MR) is 77.2 cm³/mol. The number of halogens is 1. The molecule has 1 atom stereocenters. The Kier molecular flexibility index (Phi) is 6.98. The summed E-state index contributed by atoms with van der Waals surface area (Å²) in [6.07, 6.45) is 0. The van der Waals surface area contributed by atoms with Crippen LogP contribution in [0, 0.1) is 0 Å². The maximum Gasteiger partial charge on any atom is 0.331 e. The van der Waals surface area contributed by atoms with Crippen LogP contribution in [0.1, 0.15) is 5.56 Å². The Bertz CT molecular complexity index is 477. The summed E-state index contributed by atoms with van der Waals surface area (Å²) in [5, 5.41) is 9.34. The second-order valence-corrected chi connectivity index (χ2v) is 4.49. The number of hydrogen-bond acceptors (Lipinski definition) is 5. The monoisotopic (exact) mass is 315 g/mol. The van der Waals surface area contributed by atoms with Gasteiger partial charge in [0, 0.05) is 6.54 Å². The molecule has 0 heterocycles. The van der Waals surface area contributed by atoms with E-state index in [2.05, 4.69) is 4.74 Å². The lowest BCUT2D eigenvalue weighted by Crippen LogP contribution is -2.47. The van der Waals surface area contributed by atoms with Crippen molar-refractivity contribution < 1.29 is 24.2 Å². The first-order valence-electron chi connectivity index (χ1n) is 6.24. The number of alkyl halides is 1. The number of carbonyl (C=O) groups is 2. The molecule has 21 heavy (non-hydrogen) atoms. The van der Waals surface area contributed by atoms with Gasteiger partial charge in [0.05, 0.1) is 20.8 Å². The third-order valence-electron chi connectivity index (χ3n) is 2.97. The molecule has 0 bridgehead atoms. The summed E-state index contributed by atoms with van der Waals surface area (Å²) in [6.45, 7) is -0.401. The minimum atomic E-state index is -1.08. The minimum Gasteiger partial charge on any atom is -0.497 e. The maximum atomic E-state index is 11.9. The van der Waals surface area contributed by atoms with Crippen LogP contribution in [-0.2, 0) is 20.9 Å². The quantitative estimate of drug-likeness (QED) is 0.595. The number of rotatable bonds is 7. The van der Waals surface area contributed by atoms with Gasteiger partial charge < -0.3 is 19.5 Å². The van der Waals surface area contributed by atoms with Gasteiger partial charge >= 0.3 is 5.97 Å². The van der Waals surface area contributed by atoms with Crippen LogP contribution in [0.25, 0.3) is 0 Å². The molecule has 0 unspecified atom stereocenters. The molecule has 0 aliphatic rings. The topological polar surface area (TPSA) is 76.1 Å². The summed E-state index contributed by atoms with van der Waals surface area (Å²) in [7, 11) is 2.75. The van der Waals surface area contributed by atoms with Crippen molar-refractivity contribution in [3.8, 4) is 5.75 Å². The molecule has 7 heteroatoms. The van der Waals surface area contributed by atoms with Crippen molar-refractivity contribution in [2.24, 2.45) is 0 Å². The van der Waals surface area contributed by atoms with Gasteiger partial charge in [0.1, 0.15) is 11.6 Å². The Hall–Kier alpha value is -1.79. The van der Waals surface area contributed by atoms with Gasteiger partial charge in [-0.1, -0.05) is 12.1 Å². The zero-order chi connectivity index (χ0) is 15.8. The first-order valence-corrected chi connectivity index (χ1v) is 6.77. The Balaban J connectivity index is 2.96. The molecular formula is C14H18ClNO5. The van der Waals surface area contributed by atoms with Crippen LogP contribution in [0.3, 0.4) is 0 Å². The van der Waals surface area contributed by atoms with Crippen LogP contribution in [0.2, 0.25) is 0 Å². The normalized spacial score (nSPS) is 11.6. The number of aliphatic hydroxyl groups is 1. The number of amides is 1. The van der Waals surface area contributed by atoms with E-state index in [9.17, 15) is 14.7 Å². The van der Waals surface area contributed by atoms with E-state index >= 15 is 0 Å². The van der Waals surface area contributed by atoms with Crippen LogP contribution in [-0.4, -0.2) is 54.6 Å². The highest BCUT2D eigenvalue weighted by Gasteiger charge is 2.29. The number of esters is 1. The number of carbonyl (C=O) groups excluding carboxylic acids is 2. The van der Waals surface area contributed by atoms with Crippen molar-refractivity contribution in [2.45, 2.75) is 12.6 Å². The van der Waals surface area contributed by atoms with Crippen molar-refractivity contribution in [3.63, 3.8) is 0 Å². The van der Waals surface area contributed by atoms with E-state index in [-0.39, 0.29) is 12.4 Å². The summed E-state index contributed by atoms with van der Waals surface area (Å²) < 4.78 is 9.65.